The highest BCUT2D eigenvalue weighted by molar-refractivity contribution is 5.49. The predicted octanol–water partition coefficient (Wildman–Crippen LogP) is 3.14. The van der Waals surface area contributed by atoms with E-state index in [9.17, 15) is 0 Å². The van der Waals surface area contributed by atoms with E-state index in [2.05, 4.69) is 26.8 Å². The molecule has 1 aromatic rings. The Morgan fingerprint density at radius 2 is 1.93 bits per heavy atom. The van der Waals surface area contributed by atoms with Crippen LogP contribution in [0.2, 0.25) is 0 Å². The standard InChI is InChI=1S/C13H21NO/c1-9(2)11(4)15-8-12-6-5-7-13(14)10(12)3/h5-7,9,11H,8,14H2,1-4H3. The van der Waals surface area contributed by atoms with Crippen LogP contribution in [0.1, 0.15) is 31.9 Å². The third-order valence-corrected chi connectivity index (χ3v) is 2.93. The van der Waals surface area contributed by atoms with Crippen LogP contribution in [-0.4, -0.2) is 6.10 Å². The van der Waals surface area contributed by atoms with Gasteiger partial charge >= 0.3 is 0 Å². The highest BCUT2D eigenvalue weighted by atomic mass is 16.5. The van der Waals surface area contributed by atoms with Gasteiger partial charge < -0.3 is 10.5 Å². The quantitative estimate of drug-likeness (QED) is 0.770. The van der Waals surface area contributed by atoms with Gasteiger partial charge in [-0.25, -0.2) is 0 Å². The number of nitrogens with two attached hydrogens (primary N) is 1. The summed E-state index contributed by atoms with van der Waals surface area (Å²) in [5.41, 5.74) is 8.99. The Morgan fingerprint density at radius 1 is 1.27 bits per heavy atom. The molecule has 2 heteroatoms. The molecule has 84 valence electrons. The summed E-state index contributed by atoms with van der Waals surface area (Å²) >= 11 is 0. The van der Waals surface area contributed by atoms with Gasteiger partial charge in [-0.3, -0.25) is 0 Å². The Bertz CT molecular complexity index is 320. The molecule has 0 radical (unpaired) electrons. The molecule has 1 aromatic carbocycles. The Kier molecular flexibility index (Phi) is 4.15. The Hall–Kier alpha value is -1.02. The lowest BCUT2D eigenvalue weighted by Crippen LogP contribution is -2.15. The third-order valence-electron chi connectivity index (χ3n) is 2.93. The summed E-state index contributed by atoms with van der Waals surface area (Å²) in [5.74, 6) is 0.548. The van der Waals surface area contributed by atoms with Gasteiger partial charge in [-0.2, -0.15) is 0 Å². The van der Waals surface area contributed by atoms with Gasteiger partial charge in [0.2, 0.25) is 0 Å². The van der Waals surface area contributed by atoms with Gasteiger partial charge in [0, 0.05) is 5.69 Å². The highest BCUT2D eigenvalue weighted by Crippen LogP contribution is 2.17. The van der Waals surface area contributed by atoms with E-state index >= 15 is 0 Å². The Labute approximate surface area is 92.4 Å². The third kappa shape index (κ3) is 3.24. The number of rotatable bonds is 4. The normalized spacial score (nSPS) is 13.1. The van der Waals surface area contributed by atoms with Crippen LogP contribution in [0.5, 0.6) is 0 Å². The lowest BCUT2D eigenvalue weighted by atomic mass is 10.1. The van der Waals surface area contributed by atoms with E-state index in [1.54, 1.807) is 0 Å². The summed E-state index contributed by atoms with van der Waals surface area (Å²) in [4.78, 5) is 0. The van der Waals surface area contributed by atoms with Crippen LogP contribution in [0.3, 0.4) is 0 Å². The van der Waals surface area contributed by atoms with E-state index < -0.39 is 0 Å². The van der Waals surface area contributed by atoms with E-state index in [0.717, 1.165) is 11.3 Å². The van der Waals surface area contributed by atoms with Crippen molar-refractivity contribution in [3.63, 3.8) is 0 Å². The van der Waals surface area contributed by atoms with Crippen molar-refractivity contribution in [3.05, 3.63) is 29.3 Å². The molecule has 1 atom stereocenters. The van der Waals surface area contributed by atoms with E-state index in [4.69, 9.17) is 10.5 Å². The lowest BCUT2D eigenvalue weighted by molar-refractivity contribution is 0.0233. The number of anilines is 1. The van der Waals surface area contributed by atoms with Crippen molar-refractivity contribution >= 4 is 5.69 Å². The zero-order valence-corrected chi connectivity index (χ0v) is 10.1. The molecule has 0 aliphatic heterocycles. The zero-order valence-electron chi connectivity index (χ0n) is 10.1. The maximum atomic E-state index is 5.83. The van der Waals surface area contributed by atoms with Crippen LogP contribution < -0.4 is 5.73 Å². The molecule has 15 heavy (non-hydrogen) atoms. The van der Waals surface area contributed by atoms with E-state index in [0.29, 0.717) is 12.5 Å². The Balaban J connectivity index is 2.62. The minimum Gasteiger partial charge on any atom is -0.399 e. The van der Waals surface area contributed by atoms with Gasteiger partial charge in [0.1, 0.15) is 0 Å². The van der Waals surface area contributed by atoms with Gasteiger partial charge in [-0.05, 0) is 37.0 Å². The predicted molar refractivity (Wildman–Crippen MR) is 64.7 cm³/mol. The fourth-order valence-corrected chi connectivity index (χ4v) is 1.27. The average Bonchev–Trinajstić information content (AvgIpc) is 2.19. The van der Waals surface area contributed by atoms with Crippen molar-refractivity contribution in [1.29, 1.82) is 0 Å². The molecule has 2 nitrogen and oxygen atoms in total. The number of ether oxygens (including phenoxy) is 1. The van der Waals surface area contributed by atoms with Crippen LogP contribution in [-0.2, 0) is 11.3 Å². The molecule has 0 saturated heterocycles. The summed E-state index contributed by atoms with van der Waals surface area (Å²) in [6.07, 6.45) is 0.283. The fraction of sp³-hybridized carbons (Fsp3) is 0.538. The Morgan fingerprint density at radius 3 is 2.53 bits per heavy atom. The summed E-state index contributed by atoms with van der Waals surface area (Å²) in [6.45, 7) is 9.12. The second-order valence-corrected chi connectivity index (χ2v) is 4.39. The first-order chi connectivity index (χ1) is 7.02. The SMILES string of the molecule is Cc1c(N)cccc1COC(C)C(C)C. The first-order valence-electron chi connectivity index (χ1n) is 5.48. The molecule has 0 aliphatic carbocycles. The molecule has 0 fully saturated rings. The molecule has 0 aromatic heterocycles. The minimum atomic E-state index is 0.283. The number of hydrogen-bond donors (Lipinski definition) is 1. The number of hydrogen-bond acceptors (Lipinski definition) is 2. The summed E-state index contributed by atoms with van der Waals surface area (Å²) in [5, 5.41) is 0. The maximum absolute atomic E-state index is 5.83. The molecule has 0 saturated carbocycles. The topological polar surface area (TPSA) is 35.2 Å². The molecule has 0 aliphatic rings. The van der Waals surface area contributed by atoms with E-state index in [1.165, 1.54) is 5.56 Å². The molecule has 0 spiro atoms. The van der Waals surface area contributed by atoms with Crippen molar-refractivity contribution in [2.45, 2.75) is 40.4 Å². The second kappa shape index (κ2) is 5.17. The zero-order chi connectivity index (χ0) is 11.4. The van der Waals surface area contributed by atoms with Crippen molar-refractivity contribution in [1.82, 2.24) is 0 Å². The largest absolute Gasteiger partial charge is 0.399 e. The van der Waals surface area contributed by atoms with Gasteiger partial charge in [0.05, 0.1) is 12.7 Å². The molecular formula is C13H21NO. The maximum Gasteiger partial charge on any atom is 0.0723 e. The number of benzene rings is 1. The van der Waals surface area contributed by atoms with E-state index in [1.807, 2.05) is 19.1 Å². The summed E-state index contributed by atoms with van der Waals surface area (Å²) in [7, 11) is 0. The summed E-state index contributed by atoms with van der Waals surface area (Å²) < 4.78 is 5.77. The first-order valence-corrected chi connectivity index (χ1v) is 5.48. The van der Waals surface area contributed by atoms with Crippen molar-refractivity contribution < 1.29 is 4.74 Å². The fourth-order valence-electron chi connectivity index (χ4n) is 1.27. The highest BCUT2D eigenvalue weighted by Gasteiger charge is 2.08. The molecule has 0 amide bonds. The van der Waals surface area contributed by atoms with Crippen LogP contribution in [0, 0.1) is 12.8 Å². The average molecular weight is 207 g/mol. The van der Waals surface area contributed by atoms with Crippen LogP contribution in [0.25, 0.3) is 0 Å². The van der Waals surface area contributed by atoms with Crippen LogP contribution in [0.15, 0.2) is 18.2 Å². The molecule has 0 bridgehead atoms. The van der Waals surface area contributed by atoms with Crippen molar-refractivity contribution in [3.8, 4) is 0 Å². The van der Waals surface area contributed by atoms with Crippen LogP contribution >= 0.6 is 0 Å². The lowest BCUT2D eigenvalue weighted by Gasteiger charge is -2.17. The minimum absolute atomic E-state index is 0.283. The monoisotopic (exact) mass is 207 g/mol. The smallest absolute Gasteiger partial charge is 0.0723 e. The first kappa shape index (κ1) is 12.1. The molecule has 1 rings (SSSR count). The molecule has 2 N–H and O–H groups in total. The van der Waals surface area contributed by atoms with Crippen molar-refractivity contribution in [2.75, 3.05) is 5.73 Å². The van der Waals surface area contributed by atoms with Gasteiger partial charge in [0.15, 0.2) is 0 Å². The summed E-state index contributed by atoms with van der Waals surface area (Å²) in [6, 6.07) is 5.96. The van der Waals surface area contributed by atoms with Crippen LogP contribution in [0.4, 0.5) is 5.69 Å². The molecule has 0 heterocycles. The van der Waals surface area contributed by atoms with Gasteiger partial charge in [-0.15, -0.1) is 0 Å². The van der Waals surface area contributed by atoms with Gasteiger partial charge in [0.25, 0.3) is 0 Å². The van der Waals surface area contributed by atoms with Crippen molar-refractivity contribution in [2.24, 2.45) is 5.92 Å². The molecule has 1 unspecified atom stereocenters. The van der Waals surface area contributed by atoms with E-state index in [-0.39, 0.29) is 6.10 Å². The molecular weight excluding hydrogens is 186 g/mol. The number of nitrogen functional groups attached to an aromatic ring is 1. The second-order valence-electron chi connectivity index (χ2n) is 4.39. The van der Waals surface area contributed by atoms with Gasteiger partial charge in [-0.1, -0.05) is 26.0 Å².